The Balaban J connectivity index is 2.96. The monoisotopic (exact) mass is 195 g/mol. The molecule has 0 spiro atoms. The maximum absolute atomic E-state index is 10.1. The minimum atomic E-state index is -1.53. The molecule has 3 N–H and O–H groups in total. The van der Waals surface area contributed by atoms with Crippen LogP contribution in [-0.2, 0) is 4.74 Å². The molecular weight excluding hydrogens is 186 g/mol. The Morgan fingerprint density at radius 2 is 2.14 bits per heavy atom. The molecule has 5 heteroatoms. The molecule has 0 fully saturated rings. The molecule has 0 radical (unpaired) electrons. The summed E-state index contributed by atoms with van der Waals surface area (Å²) in [5, 5.41) is 24.6. The summed E-state index contributed by atoms with van der Waals surface area (Å²) in [4.78, 5) is 10.1. The van der Waals surface area contributed by atoms with Crippen LogP contribution >= 0.6 is 0 Å². The number of phenols is 1. The highest BCUT2D eigenvalue weighted by molar-refractivity contribution is 5.98. The third-order valence-corrected chi connectivity index (χ3v) is 1.64. The first-order chi connectivity index (χ1) is 6.50. The first kappa shape index (κ1) is 10.0. The van der Waals surface area contributed by atoms with Gasteiger partial charge in [-0.15, -0.1) is 0 Å². The fourth-order valence-corrected chi connectivity index (χ4v) is 1.04. The van der Waals surface area contributed by atoms with Crippen molar-refractivity contribution in [1.29, 1.82) is 5.41 Å². The first-order valence-corrected chi connectivity index (χ1v) is 3.80. The number of benzene rings is 1. The van der Waals surface area contributed by atoms with E-state index in [9.17, 15) is 4.79 Å². The average molecular weight is 195 g/mol. The zero-order chi connectivity index (χ0) is 10.7. The van der Waals surface area contributed by atoms with E-state index < -0.39 is 12.1 Å². The molecule has 74 valence electrons. The van der Waals surface area contributed by atoms with Crippen molar-refractivity contribution in [3.63, 3.8) is 0 Å². The average Bonchev–Trinajstić information content (AvgIpc) is 2.01. The molecule has 0 aliphatic rings. The van der Waals surface area contributed by atoms with Crippen LogP contribution in [0, 0.1) is 12.3 Å². The highest BCUT2D eigenvalue weighted by atomic mass is 16.7. The van der Waals surface area contributed by atoms with Crippen LogP contribution < -0.4 is 0 Å². The summed E-state index contributed by atoms with van der Waals surface area (Å²) in [6.07, 6.45) is -1.53. The van der Waals surface area contributed by atoms with Crippen molar-refractivity contribution < 1.29 is 19.7 Å². The molecule has 0 aromatic heterocycles. The van der Waals surface area contributed by atoms with E-state index in [1.165, 1.54) is 18.2 Å². The van der Waals surface area contributed by atoms with Gasteiger partial charge in [0.1, 0.15) is 5.75 Å². The molecule has 0 aliphatic heterocycles. The number of rotatable bonds is 1. The number of hydrogen-bond acceptors (Lipinski definition) is 4. The van der Waals surface area contributed by atoms with Gasteiger partial charge >= 0.3 is 6.16 Å². The summed E-state index contributed by atoms with van der Waals surface area (Å²) < 4.78 is 4.18. The second-order valence-electron chi connectivity index (χ2n) is 2.70. The zero-order valence-corrected chi connectivity index (χ0v) is 7.44. The van der Waals surface area contributed by atoms with Crippen molar-refractivity contribution in [3.8, 4) is 5.75 Å². The minimum absolute atomic E-state index is 0.0642. The van der Waals surface area contributed by atoms with Gasteiger partial charge in [-0.25, -0.2) is 4.79 Å². The Hall–Kier alpha value is -2.04. The van der Waals surface area contributed by atoms with Crippen LogP contribution in [0.2, 0.25) is 0 Å². The van der Waals surface area contributed by atoms with Crippen molar-refractivity contribution in [2.75, 3.05) is 0 Å². The maximum atomic E-state index is 10.1. The lowest BCUT2D eigenvalue weighted by Gasteiger charge is -2.05. The molecule has 0 atom stereocenters. The normalized spacial score (nSPS) is 9.50. The Bertz CT molecular complexity index is 386. The van der Waals surface area contributed by atoms with Gasteiger partial charge in [-0.3, -0.25) is 5.41 Å². The van der Waals surface area contributed by atoms with Gasteiger partial charge in [0.2, 0.25) is 5.90 Å². The van der Waals surface area contributed by atoms with Crippen LogP contribution in [0.15, 0.2) is 18.2 Å². The van der Waals surface area contributed by atoms with Gasteiger partial charge in [0, 0.05) is 5.56 Å². The summed E-state index contributed by atoms with van der Waals surface area (Å²) in [6.45, 7) is 1.65. The molecule has 5 nitrogen and oxygen atoms in total. The van der Waals surface area contributed by atoms with Gasteiger partial charge in [0.25, 0.3) is 0 Å². The third kappa shape index (κ3) is 2.22. The van der Waals surface area contributed by atoms with Gasteiger partial charge in [0.15, 0.2) is 0 Å². The van der Waals surface area contributed by atoms with Crippen molar-refractivity contribution >= 4 is 12.1 Å². The van der Waals surface area contributed by atoms with Crippen LogP contribution in [0.1, 0.15) is 11.1 Å². The molecule has 1 aromatic rings. The standard InChI is InChI=1S/C9H9NO4/c1-5-4-6(11)2-3-7(5)8(10)14-9(12)13/h2-4,10-11H,1H3,(H,12,13). The summed E-state index contributed by atoms with van der Waals surface area (Å²) in [6, 6.07) is 4.22. The summed E-state index contributed by atoms with van der Waals surface area (Å²) in [5.41, 5.74) is 0.918. The molecule has 0 saturated carbocycles. The van der Waals surface area contributed by atoms with Crippen molar-refractivity contribution in [2.45, 2.75) is 6.92 Å². The van der Waals surface area contributed by atoms with E-state index >= 15 is 0 Å². The number of aromatic hydroxyl groups is 1. The fourth-order valence-electron chi connectivity index (χ4n) is 1.04. The van der Waals surface area contributed by atoms with E-state index in [4.69, 9.17) is 15.6 Å². The highest BCUT2D eigenvalue weighted by Gasteiger charge is 2.10. The number of carbonyl (C=O) groups is 1. The van der Waals surface area contributed by atoms with E-state index in [1.807, 2.05) is 0 Å². The van der Waals surface area contributed by atoms with Crippen LogP contribution in [0.25, 0.3) is 0 Å². The topological polar surface area (TPSA) is 90.6 Å². The minimum Gasteiger partial charge on any atom is -0.508 e. The van der Waals surface area contributed by atoms with Crippen molar-refractivity contribution in [3.05, 3.63) is 29.3 Å². The largest absolute Gasteiger partial charge is 0.512 e. The third-order valence-electron chi connectivity index (χ3n) is 1.64. The molecule has 14 heavy (non-hydrogen) atoms. The zero-order valence-electron chi connectivity index (χ0n) is 7.44. The Kier molecular flexibility index (Phi) is 2.71. The predicted octanol–water partition coefficient (Wildman–Crippen LogP) is 1.72. The Morgan fingerprint density at radius 3 is 2.64 bits per heavy atom. The number of carboxylic acid groups (broad SMARTS) is 1. The highest BCUT2D eigenvalue weighted by Crippen LogP contribution is 2.16. The van der Waals surface area contributed by atoms with Crippen LogP contribution in [0.4, 0.5) is 4.79 Å². The number of nitrogens with one attached hydrogen (secondary N) is 1. The Labute approximate surface area is 80.1 Å². The molecule has 1 rings (SSSR count). The van der Waals surface area contributed by atoms with Crippen molar-refractivity contribution in [2.24, 2.45) is 0 Å². The van der Waals surface area contributed by atoms with E-state index in [-0.39, 0.29) is 5.75 Å². The van der Waals surface area contributed by atoms with Gasteiger partial charge in [0.05, 0.1) is 0 Å². The van der Waals surface area contributed by atoms with Gasteiger partial charge < -0.3 is 14.9 Å². The second kappa shape index (κ2) is 3.78. The van der Waals surface area contributed by atoms with Gasteiger partial charge in [-0.1, -0.05) is 0 Å². The summed E-state index contributed by atoms with van der Waals surface area (Å²) >= 11 is 0. The smallest absolute Gasteiger partial charge is 0.508 e. The van der Waals surface area contributed by atoms with Crippen LogP contribution in [0.5, 0.6) is 5.75 Å². The van der Waals surface area contributed by atoms with Crippen molar-refractivity contribution in [1.82, 2.24) is 0 Å². The SMILES string of the molecule is Cc1cc(O)ccc1C(=N)OC(=O)O. The number of phenolic OH excluding ortho intramolecular Hbond substituents is 1. The molecule has 0 bridgehead atoms. The second-order valence-corrected chi connectivity index (χ2v) is 2.70. The van der Waals surface area contributed by atoms with E-state index in [2.05, 4.69) is 4.74 Å². The summed E-state index contributed by atoms with van der Waals surface area (Å²) in [7, 11) is 0. The maximum Gasteiger partial charge on any atom is 0.512 e. The molecule has 1 aromatic carbocycles. The molecular formula is C9H9NO4. The first-order valence-electron chi connectivity index (χ1n) is 3.80. The summed E-state index contributed by atoms with van der Waals surface area (Å²) in [5.74, 6) is -0.385. The Morgan fingerprint density at radius 1 is 1.50 bits per heavy atom. The molecule has 0 saturated heterocycles. The molecule has 0 unspecified atom stereocenters. The lowest BCUT2D eigenvalue weighted by Crippen LogP contribution is -2.11. The van der Waals surface area contributed by atoms with Gasteiger partial charge in [-0.05, 0) is 30.7 Å². The van der Waals surface area contributed by atoms with Crippen LogP contribution in [-0.4, -0.2) is 22.3 Å². The van der Waals surface area contributed by atoms with E-state index in [1.54, 1.807) is 6.92 Å². The fraction of sp³-hybridized carbons (Fsp3) is 0.111. The predicted molar refractivity (Wildman–Crippen MR) is 48.8 cm³/mol. The lowest BCUT2D eigenvalue weighted by molar-refractivity contribution is 0.140. The van der Waals surface area contributed by atoms with Gasteiger partial charge in [-0.2, -0.15) is 0 Å². The molecule has 0 heterocycles. The quantitative estimate of drug-likeness (QED) is 0.361. The van der Waals surface area contributed by atoms with Crippen LogP contribution in [0.3, 0.4) is 0 Å². The lowest BCUT2D eigenvalue weighted by atomic mass is 10.1. The van der Waals surface area contributed by atoms with E-state index in [0.29, 0.717) is 11.1 Å². The molecule has 0 aliphatic carbocycles. The number of ether oxygens (including phenoxy) is 1. The number of hydrogen-bond donors (Lipinski definition) is 3. The molecule has 0 amide bonds. The number of aryl methyl sites for hydroxylation is 1. The van der Waals surface area contributed by atoms with E-state index in [0.717, 1.165) is 0 Å².